The molecule has 0 atom stereocenters. The van der Waals surface area contributed by atoms with E-state index in [-0.39, 0.29) is 35.0 Å². The molecule has 0 bridgehead atoms. The summed E-state index contributed by atoms with van der Waals surface area (Å²) in [7, 11) is -2.19. The third-order valence-electron chi connectivity index (χ3n) is 5.99. The molecule has 34 heavy (non-hydrogen) atoms. The van der Waals surface area contributed by atoms with Crippen molar-refractivity contribution in [1.82, 2.24) is 13.8 Å². The van der Waals surface area contributed by atoms with E-state index in [1.165, 1.54) is 26.7 Å². The first-order valence-corrected chi connectivity index (χ1v) is 12.8. The number of sulfonamides is 1. The molecule has 10 heteroatoms. The van der Waals surface area contributed by atoms with Crippen molar-refractivity contribution in [2.75, 3.05) is 32.8 Å². The number of piperazine rings is 1. The van der Waals surface area contributed by atoms with Crippen LogP contribution in [0.15, 0.2) is 41.4 Å². The number of nitrogens with two attached hydrogens (primary N) is 1. The molecule has 1 aliphatic rings. The third-order valence-corrected chi connectivity index (χ3v) is 7.85. The Bertz CT molecular complexity index is 1130. The molecule has 0 aliphatic carbocycles. The maximum Gasteiger partial charge on any atom is 0.265 e. The summed E-state index contributed by atoms with van der Waals surface area (Å²) in [6, 6.07) is 9.28. The summed E-state index contributed by atoms with van der Waals surface area (Å²) in [5, 5.41) is 0. The van der Waals surface area contributed by atoms with E-state index >= 15 is 0 Å². The zero-order valence-corrected chi connectivity index (χ0v) is 21.1. The molecule has 1 aromatic carbocycles. The van der Waals surface area contributed by atoms with Gasteiger partial charge < -0.3 is 19.9 Å². The molecule has 1 aromatic heterocycles. The monoisotopic (exact) mass is 490 g/mol. The smallest absolute Gasteiger partial charge is 0.265 e. The van der Waals surface area contributed by atoms with E-state index in [4.69, 9.17) is 10.5 Å². The molecular weight excluding hydrogens is 456 g/mol. The van der Waals surface area contributed by atoms with Gasteiger partial charge in [0.25, 0.3) is 5.91 Å². The van der Waals surface area contributed by atoms with E-state index in [1.54, 1.807) is 11.9 Å². The minimum absolute atomic E-state index is 0.0144. The van der Waals surface area contributed by atoms with Gasteiger partial charge in [-0.3, -0.25) is 9.59 Å². The number of rotatable bonds is 8. The molecule has 0 saturated carbocycles. The maximum absolute atomic E-state index is 12.9. The Balaban J connectivity index is 1.44. The first-order valence-electron chi connectivity index (χ1n) is 11.4. The van der Waals surface area contributed by atoms with E-state index < -0.39 is 15.9 Å². The normalized spacial score (nSPS) is 15.4. The average molecular weight is 491 g/mol. The van der Waals surface area contributed by atoms with Crippen molar-refractivity contribution < 1.29 is 22.7 Å². The zero-order chi connectivity index (χ0) is 25.1. The Morgan fingerprint density at radius 3 is 2.21 bits per heavy atom. The van der Waals surface area contributed by atoms with Crippen LogP contribution in [0.5, 0.6) is 5.75 Å². The lowest BCUT2D eigenvalue weighted by atomic mass is 9.87. The molecule has 3 rings (SSSR count). The molecule has 9 nitrogen and oxygen atoms in total. The van der Waals surface area contributed by atoms with Crippen LogP contribution in [0.3, 0.4) is 0 Å². The van der Waals surface area contributed by atoms with Crippen LogP contribution < -0.4 is 10.5 Å². The number of nitrogens with zero attached hydrogens (tertiary/aromatic N) is 3. The highest BCUT2D eigenvalue weighted by Gasteiger charge is 2.31. The van der Waals surface area contributed by atoms with Gasteiger partial charge in [-0.05, 0) is 35.6 Å². The van der Waals surface area contributed by atoms with E-state index in [1.807, 2.05) is 12.1 Å². The summed E-state index contributed by atoms with van der Waals surface area (Å²) in [5.74, 6) is 0.0735. The number of aromatic nitrogens is 1. The summed E-state index contributed by atoms with van der Waals surface area (Å²) in [6.07, 6.45) is 2.30. The molecule has 1 saturated heterocycles. The minimum Gasteiger partial charge on any atom is -0.494 e. The van der Waals surface area contributed by atoms with Crippen LogP contribution in [-0.4, -0.2) is 66.8 Å². The lowest BCUT2D eigenvalue weighted by Crippen LogP contribution is -2.50. The Hall–Kier alpha value is -2.85. The molecule has 1 aliphatic heterocycles. The average Bonchev–Trinajstić information content (AvgIpc) is 3.19. The van der Waals surface area contributed by atoms with Gasteiger partial charge in [-0.25, -0.2) is 8.42 Å². The van der Waals surface area contributed by atoms with Crippen molar-refractivity contribution in [1.29, 1.82) is 0 Å². The fraction of sp³-hybridized carbons (Fsp3) is 0.500. The fourth-order valence-corrected chi connectivity index (χ4v) is 5.36. The Kier molecular flexibility index (Phi) is 7.72. The van der Waals surface area contributed by atoms with Gasteiger partial charge in [-0.2, -0.15) is 4.31 Å². The largest absolute Gasteiger partial charge is 0.494 e. The van der Waals surface area contributed by atoms with Crippen LogP contribution in [0.1, 0.15) is 49.7 Å². The van der Waals surface area contributed by atoms with Crippen molar-refractivity contribution in [3.05, 3.63) is 47.8 Å². The topological polar surface area (TPSA) is 115 Å². The molecule has 2 amide bonds. The van der Waals surface area contributed by atoms with Gasteiger partial charge in [-0.15, -0.1) is 0 Å². The van der Waals surface area contributed by atoms with Crippen LogP contribution in [0.4, 0.5) is 0 Å². The SMILES string of the molecule is Cn1cc(S(=O)(=O)N2CCN(C(=O)CCCOc3ccc(C(C)(C)C)cc3)CC2)cc1C(N)=O. The van der Waals surface area contributed by atoms with Gasteiger partial charge in [0.05, 0.1) is 6.61 Å². The number of hydrogen-bond acceptors (Lipinski definition) is 5. The van der Waals surface area contributed by atoms with Gasteiger partial charge in [0, 0.05) is 45.8 Å². The molecule has 2 aromatic rings. The molecule has 2 N–H and O–H groups in total. The van der Waals surface area contributed by atoms with E-state index in [9.17, 15) is 18.0 Å². The third kappa shape index (κ3) is 5.98. The molecule has 1 fully saturated rings. The number of primary amides is 1. The standard InChI is InChI=1S/C24H34N4O5S/c1-24(2,3)18-7-9-19(10-8-18)33-15-5-6-22(29)27-11-13-28(14-12-27)34(31,32)20-16-21(23(25)30)26(4)17-20/h7-10,16-17H,5-6,11-15H2,1-4H3,(H2,25,30). The second-order valence-electron chi connectivity index (χ2n) is 9.55. The molecule has 2 heterocycles. The summed E-state index contributed by atoms with van der Waals surface area (Å²) in [6.45, 7) is 7.95. The van der Waals surface area contributed by atoms with Gasteiger partial charge in [0.15, 0.2) is 0 Å². The molecule has 0 spiro atoms. The van der Waals surface area contributed by atoms with E-state index in [0.29, 0.717) is 32.5 Å². The van der Waals surface area contributed by atoms with Crippen LogP contribution >= 0.6 is 0 Å². The van der Waals surface area contributed by atoms with Gasteiger partial charge in [0.2, 0.25) is 15.9 Å². The number of benzene rings is 1. The summed E-state index contributed by atoms with van der Waals surface area (Å²) >= 11 is 0. The Labute approximate surface area is 201 Å². The van der Waals surface area contributed by atoms with Gasteiger partial charge >= 0.3 is 0 Å². The first-order chi connectivity index (χ1) is 15.9. The summed E-state index contributed by atoms with van der Waals surface area (Å²) < 4.78 is 34.3. The molecule has 186 valence electrons. The second kappa shape index (κ2) is 10.2. The van der Waals surface area contributed by atoms with Gasteiger partial charge in [-0.1, -0.05) is 32.9 Å². The number of ether oxygens (including phenoxy) is 1. The predicted molar refractivity (Wildman–Crippen MR) is 129 cm³/mol. The lowest BCUT2D eigenvalue weighted by Gasteiger charge is -2.33. The fourth-order valence-electron chi connectivity index (χ4n) is 3.87. The second-order valence-corrected chi connectivity index (χ2v) is 11.5. The van der Waals surface area contributed by atoms with Crippen molar-refractivity contribution in [2.45, 2.75) is 43.9 Å². The zero-order valence-electron chi connectivity index (χ0n) is 20.3. The highest BCUT2D eigenvalue weighted by Crippen LogP contribution is 2.24. The number of aryl methyl sites for hydroxylation is 1. The quantitative estimate of drug-likeness (QED) is 0.569. The highest BCUT2D eigenvalue weighted by molar-refractivity contribution is 7.89. The van der Waals surface area contributed by atoms with Crippen molar-refractivity contribution in [3.8, 4) is 5.75 Å². The van der Waals surface area contributed by atoms with Crippen molar-refractivity contribution >= 4 is 21.8 Å². The maximum atomic E-state index is 12.9. The number of carbonyl (C=O) groups excluding carboxylic acids is 2. The highest BCUT2D eigenvalue weighted by atomic mass is 32.2. The van der Waals surface area contributed by atoms with Crippen LogP contribution in [0, 0.1) is 0 Å². The van der Waals surface area contributed by atoms with E-state index in [2.05, 4.69) is 32.9 Å². The van der Waals surface area contributed by atoms with Crippen LogP contribution in [-0.2, 0) is 27.3 Å². The number of amides is 2. The van der Waals surface area contributed by atoms with Crippen LogP contribution in [0.25, 0.3) is 0 Å². The molecule has 0 unspecified atom stereocenters. The summed E-state index contributed by atoms with van der Waals surface area (Å²) in [4.78, 5) is 25.7. The number of hydrogen-bond donors (Lipinski definition) is 1. The van der Waals surface area contributed by atoms with Crippen molar-refractivity contribution in [2.24, 2.45) is 12.8 Å². The van der Waals surface area contributed by atoms with Gasteiger partial charge in [0.1, 0.15) is 16.3 Å². The minimum atomic E-state index is -3.76. The molecular formula is C24H34N4O5S. The Morgan fingerprint density at radius 1 is 1.06 bits per heavy atom. The molecule has 0 radical (unpaired) electrons. The predicted octanol–water partition coefficient (Wildman–Crippen LogP) is 2.11. The lowest BCUT2D eigenvalue weighted by molar-refractivity contribution is -0.132. The number of carbonyl (C=O) groups is 2. The Morgan fingerprint density at radius 2 is 1.68 bits per heavy atom. The van der Waals surface area contributed by atoms with E-state index in [0.717, 1.165) is 5.75 Å². The van der Waals surface area contributed by atoms with Crippen molar-refractivity contribution in [3.63, 3.8) is 0 Å². The first kappa shape index (κ1) is 25.8. The summed E-state index contributed by atoms with van der Waals surface area (Å²) in [5.41, 5.74) is 6.73. The van der Waals surface area contributed by atoms with Crippen LogP contribution in [0.2, 0.25) is 0 Å².